The highest BCUT2D eigenvalue weighted by molar-refractivity contribution is 5.22. The molecule has 0 saturated heterocycles. The van der Waals surface area contributed by atoms with E-state index in [0.29, 0.717) is 12.5 Å². The summed E-state index contributed by atoms with van der Waals surface area (Å²) in [5.74, 6) is 1.40. The van der Waals surface area contributed by atoms with Gasteiger partial charge in [-0.2, -0.15) is 0 Å². The molecule has 2 aliphatic heterocycles. The van der Waals surface area contributed by atoms with E-state index >= 15 is 0 Å². The van der Waals surface area contributed by atoms with Crippen LogP contribution in [0.15, 0.2) is 16.6 Å². The Morgan fingerprint density at radius 1 is 1.21 bits per heavy atom. The lowest BCUT2D eigenvalue weighted by Crippen LogP contribution is -2.37. The van der Waals surface area contributed by atoms with Gasteiger partial charge in [-0.25, -0.2) is 4.98 Å². The maximum atomic E-state index is 12.6. The van der Waals surface area contributed by atoms with Crippen LogP contribution < -0.4 is 5.56 Å². The topological polar surface area (TPSA) is 58.2 Å². The molecule has 1 fully saturated rings. The molecule has 0 spiro atoms. The van der Waals surface area contributed by atoms with Gasteiger partial charge in [0.1, 0.15) is 5.82 Å². The van der Waals surface area contributed by atoms with E-state index in [1.807, 2.05) is 6.26 Å². The summed E-state index contributed by atoms with van der Waals surface area (Å²) in [6, 6.07) is 0. The SMILES string of the molecule is O=c1[nH]c(C2CCCCC2)nc2c1CN(CC1=COCCC1)CC2. The number of rotatable bonds is 3. The van der Waals surface area contributed by atoms with Crippen molar-refractivity contribution in [3.8, 4) is 0 Å². The molecule has 0 unspecified atom stereocenters. The number of nitrogens with one attached hydrogen (secondary N) is 1. The largest absolute Gasteiger partial charge is 0.501 e. The average Bonchev–Trinajstić information content (AvgIpc) is 2.64. The number of aromatic amines is 1. The first kappa shape index (κ1) is 15.9. The van der Waals surface area contributed by atoms with Gasteiger partial charge in [0.05, 0.1) is 24.1 Å². The van der Waals surface area contributed by atoms with Gasteiger partial charge in [0, 0.05) is 32.0 Å². The minimum Gasteiger partial charge on any atom is -0.501 e. The lowest BCUT2D eigenvalue weighted by molar-refractivity contribution is 0.208. The van der Waals surface area contributed by atoms with Crippen molar-refractivity contribution in [2.75, 3.05) is 19.7 Å². The first-order valence-electron chi connectivity index (χ1n) is 9.43. The van der Waals surface area contributed by atoms with Gasteiger partial charge in [-0.15, -0.1) is 0 Å². The molecule has 5 heteroatoms. The van der Waals surface area contributed by atoms with Gasteiger partial charge in [-0.05, 0) is 31.3 Å². The Balaban J connectivity index is 1.49. The lowest BCUT2D eigenvalue weighted by atomic mass is 9.88. The summed E-state index contributed by atoms with van der Waals surface area (Å²) in [5.41, 5.74) is 3.33. The Labute approximate surface area is 143 Å². The number of hydrogen-bond donors (Lipinski definition) is 1. The summed E-state index contributed by atoms with van der Waals surface area (Å²) in [6.07, 6.45) is 11.2. The van der Waals surface area contributed by atoms with E-state index in [4.69, 9.17) is 9.72 Å². The number of ether oxygens (including phenoxy) is 1. The van der Waals surface area contributed by atoms with Gasteiger partial charge in [0.15, 0.2) is 0 Å². The number of nitrogens with zero attached hydrogens (tertiary/aromatic N) is 2. The third kappa shape index (κ3) is 3.41. The van der Waals surface area contributed by atoms with Crippen molar-refractivity contribution in [2.45, 2.75) is 63.8 Å². The van der Waals surface area contributed by atoms with Crippen molar-refractivity contribution >= 4 is 0 Å². The molecular formula is C19H27N3O2. The first-order chi connectivity index (χ1) is 11.8. The zero-order valence-corrected chi connectivity index (χ0v) is 14.4. The molecule has 1 saturated carbocycles. The molecule has 0 bridgehead atoms. The normalized spacial score (nSPS) is 22.6. The van der Waals surface area contributed by atoms with E-state index in [0.717, 1.165) is 56.0 Å². The fourth-order valence-electron chi connectivity index (χ4n) is 4.23. The van der Waals surface area contributed by atoms with Gasteiger partial charge in [0.25, 0.3) is 5.56 Å². The summed E-state index contributed by atoms with van der Waals surface area (Å²) in [6.45, 7) is 3.42. The zero-order chi connectivity index (χ0) is 16.4. The summed E-state index contributed by atoms with van der Waals surface area (Å²) in [7, 11) is 0. The molecule has 1 aromatic rings. The molecular weight excluding hydrogens is 302 g/mol. The molecule has 24 heavy (non-hydrogen) atoms. The van der Waals surface area contributed by atoms with Crippen molar-refractivity contribution in [3.05, 3.63) is 39.3 Å². The fourth-order valence-corrected chi connectivity index (χ4v) is 4.23. The lowest BCUT2D eigenvalue weighted by Gasteiger charge is -2.30. The fraction of sp³-hybridized carbons (Fsp3) is 0.684. The van der Waals surface area contributed by atoms with Gasteiger partial charge >= 0.3 is 0 Å². The molecule has 5 nitrogen and oxygen atoms in total. The molecule has 130 valence electrons. The maximum Gasteiger partial charge on any atom is 0.255 e. The quantitative estimate of drug-likeness (QED) is 0.926. The predicted molar refractivity (Wildman–Crippen MR) is 92.9 cm³/mol. The number of hydrogen-bond acceptors (Lipinski definition) is 4. The van der Waals surface area contributed by atoms with Crippen molar-refractivity contribution in [1.29, 1.82) is 0 Å². The summed E-state index contributed by atoms with van der Waals surface area (Å²) < 4.78 is 5.43. The number of fused-ring (bicyclic) bond motifs is 1. The minimum atomic E-state index is 0.0825. The molecule has 4 rings (SSSR count). The average molecular weight is 329 g/mol. The van der Waals surface area contributed by atoms with E-state index in [9.17, 15) is 4.79 Å². The second-order valence-corrected chi connectivity index (χ2v) is 7.42. The predicted octanol–water partition coefficient (Wildman–Crippen LogP) is 2.87. The van der Waals surface area contributed by atoms with Crippen molar-refractivity contribution in [1.82, 2.24) is 14.9 Å². The van der Waals surface area contributed by atoms with Crippen LogP contribution in [-0.4, -0.2) is 34.6 Å². The molecule has 0 aromatic carbocycles. The molecule has 3 heterocycles. The second kappa shape index (κ2) is 7.09. The summed E-state index contributed by atoms with van der Waals surface area (Å²) in [4.78, 5) is 22.9. The van der Waals surface area contributed by atoms with Crippen LogP contribution in [-0.2, 0) is 17.7 Å². The van der Waals surface area contributed by atoms with Gasteiger partial charge < -0.3 is 9.72 Å². The maximum absolute atomic E-state index is 12.6. The first-order valence-corrected chi connectivity index (χ1v) is 9.43. The number of H-pyrrole nitrogens is 1. The van der Waals surface area contributed by atoms with Crippen LogP contribution in [0.5, 0.6) is 0 Å². The van der Waals surface area contributed by atoms with Gasteiger partial charge in [-0.3, -0.25) is 9.69 Å². The number of aromatic nitrogens is 2. The van der Waals surface area contributed by atoms with Crippen molar-refractivity contribution in [2.24, 2.45) is 0 Å². The van der Waals surface area contributed by atoms with Crippen LogP contribution in [0, 0.1) is 0 Å². The van der Waals surface area contributed by atoms with Crippen LogP contribution in [0.1, 0.15) is 67.9 Å². The Bertz CT molecular complexity index is 674. The Hall–Kier alpha value is -1.62. The Kier molecular flexibility index (Phi) is 4.69. The molecule has 1 N–H and O–H groups in total. The summed E-state index contributed by atoms with van der Waals surface area (Å²) in [5, 5.41) is 0. The Morgan fingerprint density at radius 3 is 2.88 bits per heavy atom. The highest BCUT2D eigenvalue weighted by Gasteiger charge is 2.25. The van der Waals surface area contributed by atoms with Gasteiger partial charge in [-0.1, -0.05) is 19.3 Å². The summed E-state index contributed by atoms with van der Waals surface area (Å²) >= 11 is 0. The van der Waals surface area contributed by atoms with Crippen molar-refractivity contribution < 1.29 is 4.74 Å². The van der Waals surface area contributed by atoms with Crippen molar-refractivity contribution in [3.63, 3.8) is 0 Å². The molecule has 1 aromatic heterocycles. The van der Waals surface area contributed by atoms with E-state index in [1.54, 1.807) is 0 Å². The van der Waals surface area contributed by atoms with Crippen LogP contribution in [0.4, 0.5) is 0 Å². The highest BCUT2D eigenvalue weighted by Crippen LogP contribution is 2.30. The van der Waals surface area contributed by atoms with E-state index in [2.05, 4.69) is 9.88 Å². The monoisotopic (exact) mass is 329 g/mol. The van der Waals surface area contributed by atoms with Crippen LogP contribution in [0.3, 0.4) is 0 Å². The zero-order valence-electron chi connectivity index (χ0n) is 14.4. The van der Waals surface area contributed by atoms with E-state index in [-0.39, 0.29) is 5.56 Å². The molecule has 0 amide bonds. The molecule has 3 aliphatic rings. The minimum absolute atomic E-state index is 0.0825. The third-order valence-electron chi connectivity index (χ3n) is 5.59. The van der Waals surface area contributed by atoms with Crippen LogP contribution >= 0.6 is 0 Å². The van der Waals surface area contributed by atoms with E-state index in [1.165, 1.54) is 37.7 Å². The highest BCUT2D eigenvalue weighted by atomic mass is 16.5. The second-order valence-electron chi connectivity index (χ2n) is 7.42. The van der Waals surface area contributed by atoms with Crippen LogP contribution in [0.2, 0.25) is 0 Å². The molecule has 0 atom stereocenters. The third-order valence-corrected chi connectivity index (χ3v) is 5.59. The van der Waals surface area contributed by atoms with E-state index < -0.39 is 0 Å². The van der Waals surface area contributed by atoms with Gasteiger partial charge in [0.2, 0.25) is 0 Å². The standard InChI is InChI=1S/C19H27N3O2/c23-19-16-12-22(11-14-5-4-10-24-13-14)9-8-17(16)20-18(21-19)15-6-2-1-3-7-15/h13,15H,1-12H2,(H,20,21,23). The Morgan fingerprint density at radius 2 is 2.08 bits per heavy atom. The molecule has 1 aliphatic carbocycles. The smallest absolute Gasteiger partial charge is 0.255 e. The molecule has 0 radical (unpaired) electrons. The van der Waals surface area contributed by atoms with Crippen LogP contribution in [0.25, 0.3) is 0 Å².